The Morgan fingerprint density at radius 3 is 2.70 bits per heavy atom. The first-order valence-electron chi connectivity index (χ1n) is 8.54. The fourth-order valence-corrected chi connectivity index (χ4v) is 3.14. The fourth-order valence-electron chi connectivity index (χ4n) is 3.14. The maximum Gasteiger partial charge on any atom is 0.123 e. The molecule has 3 heterocycles. The van der Waals surface area contributed by atoms with Crippen LogP contribution in [0.3, 0.4) is 0 Å². The molecule has 0 aliphatic carbocycles. The lowest BCUT2D eigenvalue weighted by molar-refractivity contribution is 0.628. The fraction of sp³-hybridized carbons (Fsp3) is 0.0476. The van der Waals surface area contributed by atoms with E-state index in [-0.39, 0.29) is 5.82 Å². The Bertz CT molecular complexity index is 1260. The van der Waals surface area contributed by atoms with Crippen LogP contribution in [0.15, 0.2) is 73.2 Å². The molecule has 5 aromatic rings. The smallest absolute Gasteiger partial charge is 0.123 e. The minimum atomic E-state index is -0.293. The molecule has 130 valence electrons. The summed E-state index contributed by atoms with van der Waals surface area (Å²) < 4.78 is 15.4. The molecule has 0 N–H and O–H groups in total. The summed E-state index contributed by atoms with van der Waals surface area (Å²) in [5.41, 5.74) is 4.75. The summed E-state index contributed by atoms with van der Waals surface area (Å²) in [6, 6.07) is 16.1. The number of benzene rings is 2. The van der Waals surface area contributed by atoms with E-state index in [1.807, 2.05) is 47.3 Å². The second-order valence-electron chi connectivity index (χ2n) is 6.29. The number of halogens is 1. The standard InChI is InChI=1S/C21H14FN5/c22-16-5-3-4-14(8-16)20-12-24-18-9-15-11-25-27(21(15)10-19(18)26-20)13-17-6-1-2-7-23-17/h1-12H,13H2. The zero-order valence-corrected chi connectivity index (χ0v) is 14.2. The van der Waals surface area contributed by atoms with Gasteiger partial charge in [0.25, 0.3) is 0 Å². The molecule has 0 saturated carbocycles. The summed E-state index contributed by atoms with van der Waals surface area (Å²) in [4.78, 5) is 13.5. The van der Waals surface area contributed by atoms with Crippen molar-refractivity contribution in [2.45, 2.75) is 6.54 Å². The summed E-state index contributed by atoms with van der Waals surface area (Å²) >= 11 is 0. The zero-order valence-electron chi connectivity index (χ0n) is 14.2. The van der Waals surface area contributed by atoms with Crippen LogP contribution in [0.2, 0.25) is 0 Å². The van der Waals surface area contributed by atoms with Gasteiger partial charge in [0.15, 0.2) is 0 Å². The Morgan fingerprint density at radius 1 is 0.889 bits per heavy atom. The first-order valence-corrected chi connectivity index (χ1v) is 8.54. The van der Waals surface area contributed by atoms with Gasteiger partial charge in [0, 0.05) is 17.1 Å². The predicted octanol–water partition coefficient (Wildman–Crippen LogP) is 4.23. The molecule has 0 radical (unpaired) electrons. The third-order valence-electron chi connectivity index (χ3n) is 4.46. The van der Waals surface area contributed by atoms with E-state index in [1.165, 1.54) is 12.1 Å². The van der Waals surface area contributed by atoms with Crippen molar-refractivity contribution in [2.24, 2.45) is 0 Å². The molecule has 0 spiro atoms. The van der Waals surface area contributed by atoms with Crippen molar-refractivity contribution in [1.82, 2.24) is 24.7 Å². The van der Waals surface area contributed by atoms with Crippen molar-refractivity contribution in [3.8, 4) is 11.3 Å². The number of aromatic nitrogens is 5. The molecule has 5 rings (SSSR count). The highest BCUT2D eigenvalue weighted by Crippen LogP contribution is 2.24. The van der Waals surface area contributed by atoms with Gasteiger partial charge in [-0.15, -0.1) is 0 Å². The normalized spacial score (nSPS) is 11.3. The zero-order chi connectivity index (χ0) is 18.2. The summed E-state index contributed by atoms with van der Waals surface area (Å²) in [6.45, 7) is 0.576. The van der Waals surface area contributed by atoms with Gasteiger partial charge >= 0.3 is 0 Å². The maximum absolute atomic E-state index is 13.5. The molecule has 0 bridgehead atoms. The average Bonchev–Trinajstić information content (AvgIpc) is 3.08. The highest BCUT2D eigenvalue weighted by Gasteiger charge is 2.09. The van der Waals surface area contributed by atoms with E-state index in [2.05, 4.69) is 20.1 Å². The molecule has 2 aromatic carbocycles. The molecule has 0 fully saturated rings. The molecule has 6 heteroatoms. The molecule has 0 atom stereocenters. The van der Waals surface area contributed by atoms with Gasteiger partial charge in [-0.2, -0.15) is 5.10 Å². The predicted molar refractivity (Wildman–Crippen MR) is 102 cm³/mol. The monoisotopic (exact) mass is 355 g/mol. The Labute approximate surface area is 154 Å². The van der Waals surface area contributed by atoms with E-state index >= 15 is 0 Å². The van der Waals surface area contributed by atoms with Crippen molar-refractivity contribution < 1.29 is 4.39 Å². The second kappa shape index (κ2) is 6.25. The van der Waals surface area contributed by atoms with Gasteiger partial charge in [0.2, 0.25) is 0 Å². The van der Waals surface area contributed by atoms with E-state index in [9.17, 15) is 4.39 Å². The van der Waals surface area contributed by atoms with Crippen LogP contribution >= 0.6 is 0 Å². The van der Waals surface area contributed by atoms with Gasteiger partial charge in [0.1, 0.15) is 5.82 Å². The number of pyridine rings is 1. The lowest BCUT2D eigenvalue weighted by Crippen LogP contribution is -2.03. The van der Waals surface area contributed by atoms with Gasteiger partial charge in [-0.25, -0.2) is 9.37 Å². The first-order chi connectivity index (χ1) is 13.3. The lowest BCUT2D eigenvalue weighted by Gasteiger charge is -2.06. The quantitative estimate of drug-likeness (QED) is 0.486. The molecule has 5 nitrogen and oxygen atoms in total. The van der Waals surface area contributed by atoms with Crippen molar-refractivity contribution in [1.29, 1.82) is 0 Å². The number of rotatable bonds is 3. The lowest BCUT2D eigenvalue weighted by atomic mass is 10.1. The average molecular weight is 355 g/mol. The second-order valence-corrected chi connectivity index (χ2v) is 6.29. The van der Waals surface area contributed by atoms with E-state index in [0.717, 1.165) is 27.6 Å². The Balaban J connectivity index is 1.62. The van der Waals surface area contributed by atoms with Gasteiger partial charge < -0.3 is 0 Å². The highest BCUT2D eigenvalue weighted by atomic mass is 19.1. The number of hydrogen-bond donors (Lipinski definition) is 0. The Hall–Kier alpha value is -3.67. The molecule has 0 amide bonds. The van der Waals surface area contributed by atoms with Crippen LogP contribution in [0.25, 0.3) is 33.2 Å². The third-order valence-corrected chi connectivity index (χ3v) is 4.46. The molecule has 0 saturated heterocycles. The van der Waals surface area contributed by atoms with Crippen LogP contribution < -0.4 is 0 Å². The molecule has 27 heavy (non-hydrogen) atoms. The molecular weight excluding hydrogens is 341 g/mol. The third kappa shape index (κ3) is 2.91. The minimum absolute atomic E-state index is 0.293. The molecular formula is C21H14FN5. The van der Waals surface area contributed by atoms with Crippen molar-refractivity contribution >= 4 is 21.9 Å². The van der Waals surface area contributed by atoms with Crippen LogP contribution in [0, 0.1) is 5.82 Å². The molecule has 3 aromatic heterocycles. The van der Waals surface area contributed by atoms with E-state index in [0.29, 0.717) is 17.8 Å². The van der Waals surface area contributed by atoms with Crippen LogP contribution in [0.5, 0.6) is 0 Å². The molecule has 0 aliphatic rings. The van der Waals surface area contributed by atoms with Crippen LogP contribution in [0.1, 0.15) is 5.69 Å². The van der Waals surface area contributed by atoms with E-state index < -0.39 is 0 Å². The number of hydrogen-bond acceptors (Lipinski definition) is 4. The number of fused-ring (bicyclic) bond motifs is 2. The van der Waals surface area contributed by atoms with Gasteiger partial charge in [-0.3, -0.25) is 14.6 Å². The molecule has 0 unspecified atom stereocenters. The maximum atomic E-state index is 13.5. The summed E-state index contributed by atoms with van der Waals surface area (Å²) in [5.74, 6) is -0.293. The van der Waals surface area contributed by atoms with Crippen LogP contribution in [-0.4, -0.2) is 24.7 Å². The Morgan fingerprint density at radius 2 is 1.85 bits per heavy atom. The van der Waals surface area contributed by atoms with Crippen molar-refractivity contribution in [3.63, 3.8) is 0 Å². The largest absolute Gasteiger partial charge is 0.259 e. The Kier molecular flexibility index (Phi) is 3.60. The van der Waals surface area contributed by atoms with Crippen molar-refractivity contribution in [2.75, 3.05) is 0 Å². The molecule has 0 aliphatic heterocycles. The van der Waals surface area contributed by atoms with Gasteiger partial charge in [-0.05, 0) is 36.4 Å². The van der Waals surface area contributed by atoms with Gasteiger partial charge in [0.05, 0.1) is 46.9 Å². The van der Waals surface area contributed by atoms with Crippen LogP contribution in [-0.2, 0) is 6.54 Å². The first kappa shape index (κ1) is 15.6. The topological polar surface area (TPSA) is 56.5 Å². The summed E-state index contributed by atoms with van der Waals surface area (Å²) in [7, 11) is 0. The van der Waals surface area contributed by atoms with E-state index in [4.69, 9.17) is 0 Å². The minimum Gasteiger partial charge on any atom is -0.259 e. The van der Waals surface area contributed by atoms with Crippen LogP contribution in [0.4, 0.5) is 4.39 Å². The van der Waals surface area contributed by atoms with Crippen molar-refractivity contribution in [3.05, 3.63) is 84.7 Å². The van der Waals surface area contributed by atoms with Gasteiger partial charge in [-0.1, -0.05) is 18.2 Å². The number of nitrogens with zero attached hydrogens (tertiary/aromatic N) is 5. The summed E-state index contributed by atoms with van der Waals surface area (Å²) in [5, 5.41) is 5.47. The highest BCUT2D eigenvalue weighted by molar-refractivity contribution is 5.93. The SMILES string of the molecule is Fc1cccc(-c2cnc3cc4cnn(Cc5ccccn5)c4cc3n2)c1. The van der Waals surface area contributed by atoms with E-state index in [1.54, 1.807) is 18.5 Å². The summed E-state index contributed by atoms with van der Waals surface area (Å²) in [6.07, 6.45) is 5.26.